The SMILES string of the molecule is O=C(O)c1ccc2c(O)c3ccc4c(c3nc2c1)C(=O)c1ccc2c(O)c3ccc(C(=O)O)cc3nc2c1C4=O. The molecule has 1 aliphatic carbocycles. The Hall–Kier alpha value is -5.90. The van der Waals surface area contributed by atoms with Gasteiger partial charge in [-0.05, 0) is 60.7 Å². The molecule has 2 aromatic heterocycles. The average Bonchev–Trinajstić information content (AvgIpc) is 2.94. The second kappa shape index (κ2) is 7.81. The standard InChI is InChI=1S/C30H14N2O8/c33-25-13-3-1-11(29(37)38)9-19(13)31-23-17(25)7-5-15-21(23)27(35)16-6-8-18-24(22(16)28(15)36)32-20-10-12(30(39)40)2-4-14(20)26(18)34/h1-10H,(H,31,33)(H,32,34)(H,37,38)(H,39,40). The number of carbonyl (C=O) groups is 4. The van der Waals surface area contributed by atoms with E-state index in [1.807, 2.05) is 0 Å². The van der Waals surface area contributed by atoms with Crippen LogP contribution in [-0.2, 0) is 0 Å². The Labute approximate surface area is 222 Å². The molecule has 4 N–H and O–H groups in total. The first-order valence-electron chi connectivity index (χ1n) is 11.9. The van der Waals surface area contributed by atoms with Crippen molar-refractivity contribution >= 4 is 67.1 Å². The quantitative estimate of drug-likeness (QED) is 0.230. The lowest BCUT2D eigenvalue weighted by molar-refractivity contribution is 0.0686. The van der Waals surface area contributed by atoms with Crippen LogP contribution in [0.2, 0.25) is 0 Å². The molecule has 7 rings (SSSR count). The summed E-state index contributed by atoms with van der Waals surface area (Å²) in [5.74, 6) is -3.95. The van der Waals surface area contributed by atoms with E-state index in [1.165, 1.54) is 60.7 Å². The Morgan fingerprint density at radius 3 is 1.30 bits per heavy atom. The van der Waals surface area contributed by atoms with Gasteiger partial charge in [-0.1, -0.05) is 0 Å². The van der Waals surface area contributed by atoms with Crippen LogP contribution in [0.1, 0.15) is 52.6 Å². The van der Waals surface area contributed by atoms with Crippen LogP contribution in [0.3, 0.4) is 0 Å². The number of benzene rings is 4. The summed E-state index contributed by atoms with van der Waals surface area (Å²) < 4.78 is 0. The molecule has 10 nitrogen and oxygen atoms in total. The number of nitrogens with zero attached hydrogens (tertiary/aromatic N) is 2. The van der Waals surface area contributed by atoms with Crippen LogP contribution in [0.15, 0.2) is 60.7 Å². The zero-order valence-electron chi connectivity index (χ0n) is 20.1. The maximum atomic E-state index is 13.9. The Morgan fingerprint density at radius 1 is 0.550 bits per heavy atom. The van der Waals surface area contributed by atoms with E-state index >= 15 is 0 Å². The molecule has 0 unspecified atom stereocenters. The van der Waals surface area contributed by atoms with Gasteiger partial charge in [0.25, 0.3) is 0 Å². The topological polar surface area (TPSA) is 175 Å². The zero-order valence-corrected chi connectivity index (χ0v) is 20.1. The van der Waals surface area contributed by atoms with Gasteiger partial charge in [0.05, 0.1) is 44.3 Å². The second-order valence-electron chi connectivity index (χ2n) is 9.42. The summed E-state index contributed by atoms with van der Waals surface area (Å²) in [7, 11) is 0. The summed E-state index contributed by atoms with van der Waals surface area (Å²) in [4.78, 5) is 59.7. The minimum absolute atomic E-state index is 0.00110. The van der Waals surface area contributed by atoms with Crippen molar-refractivity contribution in [3.8, 4) is 11.5 Å². The monoisotopic (exact) mass is 530 g/mol. The molecule has 0 amide bonds. The van der Waals surface area contributed by atoms with E-state index in [2.05, 4.69) is 9.97 Å². The highest BCUT2D eigenvalue weighted by molar-refractivity contribution is 6.35. The van der Waals surface area contributed by atoms with Gasteiger partial charge >= 0.3 is 11.9 Å². The van der Waals surface area contributed by atoms with Gasteiger partial charge in [0.1, 0.15) is 11.5 Å². The molecule has 0 atom stereocenters. The van der Waals surface area contributed by atoms with Gasteiger partial charge in [0.2, 0.25) is 0 Å². The highest BCUT2D eigenvalue weighted by Crippen LogP contribution is 2.41. The molecule has 192 valence electrons. The maximum Gasteiger partial charge on any atom is 0.335 e. The number of aromatic carboxylic acids is 2. The minimum atomic E-state index is -1.19. The summed E-state index contributed by atoms with van der Waals surface area (Å²) in [6.45, 7) is 0. The van der Waals surface area contributed by atoms with Gasteiger partial charge in [0, 0.05) is 32.7 Å². The largest absolute Gasteiger partial charge is 0.507 e. The number of fused-ring (bicyclic) bond motifs is 8. The van der Waals surface area contributed by atoms with E-state index in [0.29, 0.717) is 0 Å². The summed E-state index contributed by atoms with van der Waals surface area (Å²) in [5, 5.41) is 41.7. The molecule has 0 saturated carbocycles. The molecule has 10 heteroatoms. The number of aromatic hydroxyl groups is 2. The van der Waals surface area contributed by atoms with E-state index in [1.54, 1.807) is 0 Å². The number of rotatable bonds is 2. The highest BCUT2D eigenvalue weighted by atomic mass is 16.4. The van der Waals surface area contributed by atoms with Crippen molar-refractivity contribution in [2.75, 3.05) is 0 Å². The van der Waals surface area contributed by atoms with E-state index < -0.39 is 23.5 Å². The van der Waals surface area contributed by atoms with E-state index in [0.717, 1.165) is 0 Å². The van der Waals surface area contributed by atoms with Gasteiger partial charge in [-0.25, -0.2) is 19.6 Å². The Morgan fingerprint density at radius 2 is 0.925 bits per heavy atom. The molecule has 0 radical (unpaired) electrons. The van der Waals surface area contributed by atoms with Crippen molar-refractivity contribution in [1.82, 2.24) is 9.97 Å². The first-order chi connectivity index (χ1) is 19.2. The molecule has 0 bridgehead atoms. The van der Waals surface area contributed by atoms with E-state index in [-0.39, 0.29) is 88.5 Å². The number of ketones is 2. The van der Waals surface area contributed by atoms with Crippen LogP contribution >= 0.6 is 0 Å². The number of carboxylic acid groups (broad SMARTS) is 2. The van der Waals surface area contributed by atoms with Crippen LogP contribution in [0, 0.1) is 0 Å². The average molecular weight is 530 g/mol. The summed E-state index contributed by atoms with van der Waals surface area (Å²) in [6.07, 6.45) is 0. The molecular formula is C30H14N2O8. The third-order valence-electron chi connectivity index (χ3n) is 7.27. The van der Waals surface area contributed by atoms with Crippen LogP contribution in [0.25, 0.3) is 43.6 Å². The number of aromatic nitrogens is 2. The Kier molecular flexibility index (Phi) is 4.53. The van der Waals surface area contributed by atoms with Gasteiger partial charge < -0.3 is 20.4 Å². The summed E-state index contributed by atoms with van der Waals surface area (Å²) in [6, 6.07) is 13.8. The fraction of sp³-hybridized carbons (Fsp3) is 0. The van der Waals surface area contributed by atoms with E-state index in [9.17, 15) is 39.6 Å². The Bertz CT molecular complexity index is 2080. The first kappa shape index (κ1) is 23.2. The number of carbonyl (C=O) groups excluding carboxylic acids is 2. The van der Waals surface area contributed by atoms with Crippen molar-refractivity contribution in [3.05, 3.63) is 94.0 Å². The number of carboxylic acids is 2. The maximum absolute atomic E-state index is 13.9. The normalized spacial score (nSPS) is 12.7. The molecule has 40 heavy (non-hydrogen) atoms. The molecule has 0 fully saturated rings. The number of pyridine rings is 2. The highest BCUT2D eigenvalue weighted by Gasteiger charge is 2.35. The van der Waals surface area contributed by atoms with Crippen molar-refractivity contribution in [3.63, 3.8) is 0 Å². The Balaban J connectivity index is 1.52. The van der Waals surface area contributed by atoms with Crippen molar-refractivity contribution in [1.29, 1.82) is 0 Å². The summed E-state index contributed by atoms with van der Waals surface area (Å²) >= 11 is 0. The second-order valence-corrected chi connectivity index (χ2v) is 9.42. The van der Waals surface area contributed by atoms with Crippen molar-refractivity contribution < 1.29 is 39.6 Å². The van der Waals surface area contributed by atoms with Crippen LogP contribution < -0.4 is 0 Å². The van der Waals surface area contributed by atoms with Crippen LogP contribution in [0.4, 0.5) is 0 Å². The van der Waals surface area contributed by atoms with Crippen LogP contribution in [-0.4, -0.2) is 53.9 Å². The molecule has 4 aromatic carbocycles. The van der Waals surface area contributed by atoms with Crippen molar-refractivity contribution in [2.45, 2.75) is 0 Å². The molecular weight excluding hydrogens is 516 g/mol. The fourth-order valence-corrected chi connectivity index (χ4v) is 5.35. The van der Waals surface area contributed by atoms with E-state index in [4.69, 9.17) is 0 Å². The van der Waals surface area contributed by atoms with Crippen LogP contribution in [0.5, 0.6) is 11.5 Å². The van der Waals surface area contributed by atoms with Crippen molar-refractivity contribution in [2.24, 2.45) is 0 Å². The molecule has 0 aliphatic heterocycles. The smallest absolute Gasteiger partial charge is 0.335 e. The van der Waals surface area contributed by atoms with Gasteiger partial charge in [-0.2, -0.15) is 0 Å². The minimum Gasteiger partial charge on any atom is -0.507 e. The third kappa shape index (κ3) is 2.98. The fourth-order valence-electron chi connectivity index (χ4n) is 5.35. The predicted molar refractivity (Wildman–Crippen MR) is 143 cm³/mol. The lowest BCUT2D eigenvalue weighted by atomic mass is 9.81. The van der Waals surface area contributed by atoms with Gasteiger partial charge in [-0.15, -0.1) is 0 Å². The molecule has 1 aliphatic rings. The molecule has 6 aromatic rings. The lowest BCUT2D eigenvalue weighted by Gasteiger charge is -2.21. The molecule has 0 spiro atoms. The zero-order chi connectivity index (χ0) is 28.0. The molecule has 2 heterocycles. The number of hydrogen-bond acceptors (Lipinski definition) is 8. The predicted octanol–water partition coefficient (Wildman–Crippen LogP) is 4.67. The third-order valence-corrected chi connectivity index (χ3v) is 7.27. The lowest BCUT2D eigenvalue weighted by Crippen LogP contribution is -2.22. The summed E-state index contributed by atoms with van der Waals surface area (Å²) in [5.41, 5.74) is 0.113. The molecule has 0 saturated heterocycles. The number of hydrogen-bond donors (Lipinski definition) is 4. The van der Waals surface area contributed by atoms with Gasteiger partial charge in [0.15, 0.2) is 11.6 Å². The first-order valence-corrected chi connectivity index (χ1v) is 11.9. The van der Waals surface area contributed by atoms with Gasteiger partial charge in [-0.3, -0.25) is 9.59 Å².